The fourth-order valence-corrected chi connectivity index (χ4v) is 4.60. The maximum Gasteiger partial charge on any atom is 0.0777 e. The van der Waals surface area contributed by atoms with Gasteiger partial charge in [-0.1, -0.05) is 27.2 Å². The molecule has 3 heteroatoms. The van der Waals surface area contributed by atoms with Crippen LogP contribution in [0.4, 0.5) is 0 Å². The lowest BCUT2D eigenvalue weighted by Crippen LogP contribution is -2.55. The van der Waals surface area contributed by atoms with Gasteiger partial charge in [0.1, 0.15) is 0 Å². The first-order valence-electron chi connectivity index (χ1n) is 8.91. The summed E-state index contributed by atoms with van der Waals surface area (Å²) in [7, 11) is 1.87. The highest BCUT2D eigenvalue weighted by molar-refractivity contribution is 4.95. The molecular weight excluding hydrogens is 260 g/mol. The van der Waals surface area contributed by atoms with Crippen molar-refractivity contribution in [2.45, 2.75) is 71.4 Å². The van der Waals surface area contributed by atoms with Crippen molar-refractivity contribution in [1.29, 1.82) is 0 Å². The van der Waals surface area contributed by atoms with Crippen molar-refractivity contribution in [3.63, 3.8) is 0 Å². The number of ether oxygens (including phenoxy) is 1. The van der Waals surface area contributed by atoms with Crippen LogP contribution in [-0.2, 0) is 4.74 Å². The molecule has 0 aromatic rings. The summed E-state index contributed by atoms with van der Waals surface area (Å²) in [6.45, 7) is 14.1. The average Bonchev–Trinajstić information content (AvgIpc) is 2.43. The highest BCUT2D eigenvalue weighted by Gasteiger charge is 2.40. The third-order valence-corrected chi connectivity index (χ3v) is 5.86. The van der Waals surface area contributed by atoms with Crippen LogP contribution < -0.4 is 5.32 Å². The molecule has 1 aliphatic carbocycles. The van der Waals surface area contributed by atoms with Gasteiger partial charge in [0, 0.05) is 26.2 Å². The molecule has 0 bridgehead atoms. The molecular formula is C18H36N2O. The average molecular weight is 296 g/mol. The van der Waals surface area contributed by atoms with E-state index in [0.29, 0.717) is 11.5 Å². The van der Waals surface area contributed by atoms with Crippen LogP contribution in [0, 0.1) is 11.3 Å². The van der Waals surface area contributed by atoms with E-state index in [4.69, 9.17) is 4.74 Å². The lowest BCUT2D eigenvalue weighted by Gasteiger charge is -2.48. The number of methoxy groups -OCH3 is 1. The highest BCUT2D eigenvalue weighted by atomic mass is 16.5. The number of nitrogens with one attached hydrogen (secondary N) is 1. The molecule has 124 valence electrons. The number of nitrogens with zero attached hydrogens (tertiary/aromatic N) is 1. The van der Waals surface area contributed by atoms with Gasteiger partial charge in [0.25, 0.3) is 0 Å². The molecule has 1 aliphatic heterocycles. The third-order valence-electron chi connectivity index (χ3n) is 5.86. The van der Waals surface area contributed by atoms with Gasteiger partial charge in [-0.2, -0.15) is 0 Å². The minimum Gasteiger partial charge on any atom is -0.377 e. The topological polar surface area (TPSA) is 24.5 Å². The predicted octanol–water partition coefficient (Wildman–Crippen LogP) is 3.29. The molecule has 0 aromatic carbocycles. The Morgan fingerprint density at radius 3 is 2.62 bits per heavy atom. The number of hydrogen-bond acceptors (Lipinski definition) is 3. The quantitative estimate of drug-likeness (QED) is 0.842. The summed E-state index contributed by atoms with van der Waals surface area (Å²) >= 11 is 0. The van der Waals surface area contributed by atoms with Crippen LogP contribution >= 0.6 is 0 Å². The summed E-state index contributed by atoms with van der Waals surface area (Å²) in [6.07, 6.45) is 6.59. The van der Waals surface area contributed by atoms with E-state index < -0.39 is 0 Å². The molecule has 0 spiro atoms. The molecule has 3 nitrogen and oxygen atoms in total. The molecule has 3 unspecified atom stereocenters. The second-order valence-electron chi connectivity index (χ2n) is 8.17. The molecule has 1 N–H and O–H groups in total. The SMILES string of the molecule is CCNC1C(CN2CCCC(C)(OC)C2)CCCC1(C)C. The summed E-state index contributed by atoms with van der Waals surface area (Å²) in [5.74, 6) is 0.785. The summed E-state index contributed by atoms with van der Waals surface area (Å²) in [5.41, 5.74) is 0.495. The van der Waals surface area contributed by atoms with E-state index in [0.717, 1.165) is 19.0 Å². The van der Waals surface area contributed by atoms with Gasteiger partial charge in [-0.25, -0.2) is 0 Å². The summed E-state index contributed by atoms with van der Waals surface area (Å²) in [5, 5.41) is 3.79. The van der Waals surface area contributed by atoms with Gasteiger partial charge in [-0.3, -0.25) is 0 Å². The fraction of sp³-hybridized carbons (Fsp3) is 1.00. The van der Waals surface area contributed by atoms with Crippen LogP contribution in [0.1, 0.15) is 59.8 Å². The second-order valence-corrected chi connectivity index (χ2v) is 8.17. The molecule has 3 atom stereocenters. The molecule has 1 saturated carbocycles. The van der Waals surface area contributed by atoms with Crippen molar-refractivity contribution in [3.8, 4) is 0 Å². The first kappa shape index (κ1) is 17.2. The Hall–Kier alpha value is -0.120. The molecule has 2 rings (SSSR count). The third kappa shape index (κ3) is 4.20. The molecule has 21 heavy (non-hydrogen) atoms. The van der Waals surface area contributed by atoms with E-state index in [9.17, 15) is 0 Å². The van der Waals surface area contributed by atoms with Gasteiger partial charge in [0.15, 0.2) is 0 Å². The number of hydrogen-bond donors (Lipinski definition) is 1. The van der Waals surface area contributed by atoms with E-state index in [1.54, 1.807) is 0 Å². The lowest BCUT2D eigenvalue weighted by atomic mass is 9.67. The zero-order valence-corrected chi connectivity index (χ0v) is 14.9. The summed E-state index contributed by atoms with van der Waals surface area (Å²) in [6, 6.07) is 0.659. The second kappa shape index (κ2) is 6.97. The molecule has 0 aromatic heterocycles. The van der Waals surface area contributed by atoms with Crippen LogP contribution in [0.15, 0.2) is 0 Å². The maximum absolute atomic E-state index is 5.76. The summed E-state index contributed by atoms with van der Waals surface area (Å²) < 4.78 is 5.76. The van der Waals surface area contributed by atoms with Gasteiger partial charge < -0.3 is 15.0 Å². The van der Waals surface area contributed by atoms with Crippen LogP contribution in [0.25, 0.3) is 0 Å². The summed E-state index contributed by atoms with van der Waals surface area (Å²) in [4.78, 5) is 2.66. The first-order valence-corrected chi connectivity index (χ1v) is 8.91. The first-order chi connectivity index (χ1) is 9.90. The van der Waals surface area contributed by atoms with Crippen molar-refractivity contribution in [2.24, 2.45) is 11.3 Å². The lowest BCUT2D eigenvalue weighted by molar-refractivity contribution is -0.0583. The number of rotatable bonds is 5. The molecule has 1 heterocycles. The Bertz CT molecular complexity index is 331. The van der Waals surface area contributed by atoms with Crippen LogP contribution in [0.5, 0.6) is 0 Å². The standard InChI is InChI=1S/C18H36N2O/c1-6-19-16-15(9-7-10-17(16,2)3)13-20-12-8-11-18(4,14-20)21-5/h15-16,19H,6-14H2,1-5H3. The van der Waals surface area contributed by atoms with Crippen LogP contribution in [-0.4, -0.2) is 49.8 Å². The van der Waals surface area contributed by atoms with E-state index in [1.807, 2.05) is 7.11 Å². The zero-order chi connectivity index (χ0) is 15.5. The molecule has 2 aliphatic rings. The van der Waals surface area contributed by atoms with Crippen molar-refractivity contribution < 1.29 is 4.74 Å². The highest BCUT2D eigenvalue weighted by Crippen LogP contribution is 2.39. The smallest absolute Gasteiger partial charge is 0.0777 e. The Morgan fingerprint density at radius 1 is 1.19 bits per heavy atom. The number of piperidine rings is 1. The normalized spacial score (nSPS) is 37.6. The van der Waals surface area contributed by atoms with Crippen molar-refractivity contribution in [2.75, 3.05) is 33.3 Å². The molecule has 0 amide bonds. The van der Waals surface area contributed by atoms with Gasteiger partial charge in [0.05, 0.1) is 5.60 Å². The maximum atomic E-state index is 5.76. The minimum atomic E-state index is 0.0656. The zero-order valence-electron chi connectivity index (χ0n) is 14.9. The Morgan fingerprint density at radius 2 is 1.95 bits per heavy atom. The Labute approximate surface area is 131 Å². The molecule has 0 radical (unpaired) electrons. The van der Waals surface area contributed by atoms with E-state index in [2.05, 4.69) is 37.9 Å². The van der Waals surface area contributed by atoms with E-state index in [-0.39, 0.29) is 5.60 Å². The fourth-order valence-electron chi connectivity index (χ4n) is 4.60. The number of likely N-dealkylation sites (tertiary alicyclic amines) is 1. The molecule has 2 fully saturated rings. The Balaban J connectivity index is 1.99. The van der Waals surface area contributed by atoms with Gasteiger partial charge in [-0.15, -0.1) is 0 Å². The van der Waals surface area contributed by atoms with Crippen molar-refractivity contribution in [3.05, 3.63) is 0 Å². The predicted molar refractivity (Wildman–Crippen MR) is 89.7 cm³/mol. The monoisotopic (exact) mass is 296 g/mol. The van der Waals surface area contributed by atoms with E-state index >= 15 is 0 Å². The van der Waals surface area contributed by atoms with E-state index in [1.165, 1.54) is 45.2 Å². The largest absolute Gasteiger partial charge is 0.377 e. The van der Waals surface area contributed by atoms with Gasteiger partial charge >= 0.3 is 0 Å². The van der Waals surface area contributed by atoms with Gasteiger partial charge in [-0.05, 0) is 57.0 Å². The minimum absolute atomic E-state index is 0.0656. The van der Waals surface area contributed by atoms with Gasteiger partial charge in [0.2, 0.25) is 0 Å². The van der Waals surface area contributed by atoms with Crippen molar-refractivity contribution in [1.82, 2.24) is 10.2 Å². The van der Waals surface area contributed by atoms with Crippen LogP contribution in [0.3, 0.4) is 0 Å². The van der Waals surface area contributed by atoms with Crippen molar-refractivity contribution >= 4 is 0 Å². The molecule has 1 saturated heterocycles. The van der Waals surface area contributed by atoms with Crippen LogP contribution in [0.2, 0.25) is 0 Å². The Kier molecular flexibility index (Phi) is 5.72.